The first-order valence-corrected chi connectivity index (χ1v) is 9.38. The number of fused-ring (bicyclic) bond motifs is 1. The largest absolute Gasteiger partial charge is 0.497 e. The Morgan fingerprint density at radius 1 is 1.22 bits per heavy atom. The standard InChI is InChI=1S/C17H25NO4S/c1-14(2)18-11-7-5-4-6-8-12-22-16-13-15(21-3)9-10-17(16)23(18,19)20/h6,8-10,13-14H,4-5,7,11-12H2,1-3H3/b8-6-. The summed E-state index contributed by atoms with van der Waals surface area (Å²) in [5, 5.41) is 0. The van der Waals surface area contributed by atoms with Gasteiger partial charge in [-0.1, -0.05) is 12.2 Å². The van der Waals surface area contributed by atoms with E-state index in [4.69, 9.17) is 9.47 Å². The van der Waals surface area contributed by atoms with Gasteiger partial charge >= 0.3 is 0 Å². The number of sulfonamides is 1. The van der Waals surface area contributed by atoms with Crippen molar-refractivity contribution in [3.63, 3.8) is 0 Å². The normalized spacial score (nSPS) is 20.7. The van der Waals surface area contributed by atoms with E-state index in [9.17, 15) is 8.42 Å². The summed E-state index contributed by atoms with van der Waals surface area (Å²) in [6.07, 6.45) is 6.74. The van der Waals surface area contributed by atoms with Crippen molar-refractivity contribution in [2.75, 3.05) is 20.3 Å². The molecular weight excluding hydrogens is 314 g/mol. The molecule has 1 heterocycles. The highest BCUT2D eigenvalue weighted by Gasteiger charge is 2.30. The smallest absolute Gasteiger partial charge is 0.246 e. The van der Waals surface area contributed by atoms with Crippen LogP contribution in [0.15, 0.2) is 35.2 Å². The van der Waals surface area contributed by atoms with E-state index in [-0.39, 0.29) is 10.9 Å². The summed E-state index contributed by atoms with van der Waals surface area (Å²) < 4.78 is 38.6. The van der Waals surface area contributed by atoms with E-state index in [0.29, 0.717) is 24.7 Å². The Morgan fingerprint density at radius 3 is 2.70 bits per heavy atom. The lowest BCUT2D eigenvalue weighted by atomic mass is 10.2. The minimum atomic E-state index is -3.61. The number of rotatable bonds is 2. The van der Waals surface area contributed by atoms with E-state index in [1.54, 1.807) is 29.6 Å². The van der Waals surface area contributed by atoms with Crippen LogP contribution in [0.1, 0.15) is 33.1 Å². The second-order valence-electron chi connectivity index (χ2n) is 5.80. The van der Waals surface area contributed by atoms with Crippen LogP contribution >= 0.6 is 0 Å². The van der Waals surface area contributed by atoms with E-state index in [0.717, 1.165) is 19.3 Å². The quantitative estimate of drug-likeness (QED) is 0.776. The molecule has 0 unspecified atom stereocenters. The first kappa shape index (κ1) is 17.8. The molecule has 0 aliphatic carbocycles. The molecule has 0 aromatic heterocycles. The number of hydrogen-bond donors (Lipinski definition) is 0. The second-order valence-corrected chi connectivity index (χ2v) is 7.66. The summed E-state index contributed by atoms with van der Waals surface area (Å²) in [5.41, 5.74) is 0. The number of methoxy groups -OCH3 is 1. The Morgan fingerprint density at radius 2 is 2.00 bits per heavy atom. The molecule has 1 aliphatic rings. The van der Waals surface area contributed by atoms with Crippen LogP contribution < -0.4 is 9.47 Å². The first-order chi connectivity index (χ1) is 11.0. The van der Waals surface area contributed by atoms with Crippen LogP contribution in [0.5, 0.6) is 11.5 Å². The van der Waals surface area contributed by atoms with Gasteiger partial charge in [-0.05, 0) is 45.2 Å². The Bertz CT molecular complexity index is 653. The third kappa shape index (κ3) is 4.26. The van der Waals surface area contributed by atoms with E-state index in [1.165, 1.54) is 0 Å². The molecule has 0 spiro atoms. The molecule has 0 N–H and O–H groups in total. The fraction of sp³-hybridized carbons (Fsp3) is 0.529. The van der Waals surface area contributed by atoms with Crippen LogP contribution in [0.25, 0.3) is 0 Å². The molecular formula is C17H25NO4S. The van der Waals surface area contributed by atoms with Crippen molar-refractivity contribution < 1.29 is 17.9 Å². The van der Waals surface area contributed by atoms with Gasteiger partial charge in [0.05, 0.1) is 7.11 Å². The molecule has 23 heavy (non-hydrogen) atoms. The Labute approximate surface area is 138 Å². The lowest BCUT2D eigenvalue weighted by Gasteiger charge is -2.27. The van der Waals surface area contributed by atoms with Gasteiger partial charge in [0, 0.05) is 18.7 Å². The molecule has 1 aliphatic heterocycles. The maximum absolute atomic E-state index is 13.1. The van der Waals surface area contributed by atoms with Gasteiger partial charge in [0.2, 0.25) is 10.0 Å². The Balaban J connectivity index is 2.50. The van der Waals surface area contributed by atoms with Gasteiger partial charge < -0.3 is 9.47 Å². The molecule has 0 radical (unpaired) electrons. The zero-order valence-corrected chi connectivity index (χ0v) is 14.8. The average molecular weight is 339 g/mol. The van der Waals surface area contributed by atoms with E-state index in [1.807, 2.05) is 19.9 Å². The number of benzene rings is 1. The Kier molecular flexibility index (Phi) is 6.07. The Hall–Kier alpha value is -1.53. The lowest BCUT2D eigenvalue weighted by molar-refractivity contribution is 0.329. The maximum Gasteiger partial charge on any atom is 0.246 e. The maximum atomic E-state index is 13.1. The van der Waals surface area contributed by atoms with Gasteiger partial charge in [-0.25, -0.2) is 8.42 Å². The topological polar surface area (TPSA) is 55.8 Å². The SMILES string of the molecule is COc1ccc2c(c1)OC/C=C\CCCCN(C(C)C)S2(=O)=O. The van der Waals surface area contributed by atoms with Crippen molar-refractivity contribution in [1.29, 1.82) is 0 Å². The fourth-order valence-electron chi connectivity index (χ4n) is 2.58. The average Bonchev–Trinajstić information content (AvgIpc) is 2.51. The van der Waals surface area contributed by atoms with Gasteiger partial charge in [0.15, 0.2) is 0 Å². The second kappa shape index (κ2) is 7.84. The third-order valence-electron chi connectivity index (χ3n) is 3.81. The molecule has 0 fully saturated rings. The zero-order valence-electron chi connectivity index (χ0n) is 14.0. The minimum Gasteiger partial charge on any atom is -0.497 e. The minimum absolute atomic E-state index is 0.103. The number of hydrogen-bond acceptors (Lipinski definition) is 4. The molecule has 5 nitrogen and oxygen atoms in total. The van der Waals surface area contributed by atoms with Gasteiger partial charge in [0.1, 0.15) is 23.0 Å². The summed E-state index contributed by atoms with van der Waals surface area (Å²) in [4.78, 5) is 0.195. The van der Waals surface area contributed by atoms with Crippen LogP contribution in [0.2, 0.25) is 0 Å². The van der Waals surface area contributed by atoms with Crippen molar-refractivity contribution >= 4 is 10.0 Å². The molecule has 0 amide bonds. The summed E-state index contributed by atoms with van der Waals surface area (Å²) in [7, 11) is -2.06. The molecule has 128 valence electrons. The fourth-order valence-corrected chi connectivity index (χ4v) is 4.37. The monoisotopic (exact) mass is 339 g/mol. The molecule has 6 heteroatoms. The summed E-state index contributed by atoms with van der Waals surface area (Å²) in [5.74, 6) is 0.909. The summed E-state index contributed by atoms with van der Waals surface area (Å²) >= 11 is 0. The molecule has 0 bridgehead atoms. The molecule has 1 aromatic carbocycles. The van der Waals surface area contributed by atoms with Crippen LogP contribution in [0.4, 0.5) is 0 Å². The zero-order chi connectivity index (χ0) is 16.9. The predicted molar refractivity (Wildman–Crippen MR) is 90.5 cm³/mol. The highest BCUT2D eigenvalue weighted by atomic mass is 32.2. The van der Waals surface area contributed by atoms with Crippen molar-refractivity contribution in [1.82, 2.24) is 4.31 Å². The number of ether oxygens (including phenoxy) is 2. The lowest BCUT2D eigenvalue weighted by Crippen LogP contribution is -2.38. The van der Waals surface area contributed by atoms with Crippen LogP contribution in [0.3, 0.4) is 0 Å². The first-order valence-electron chi connectivity index (χ1n) is 7.94. The van der Waals surface area contributed by atoms with E-state index in [2.05, 4.69) is 6.08 Å². The predicted octanol–water partition coefficient (Wildman–Crippen LogP) is 3.21. The molecule has 0 saturated heterocycles. The summed E-state index contributed by atoms with van der Waals surface area (Å²) in [6.45, 7) is 4.65. The van der Waals surface area contributed by atoms with Gasteiger partial charge in [-0.3, -0.25) is 0 Å². The van der Waals surface area contributed by atoms with Gasteiger partial charge in [-0.15, -0.1) is 0 Å². The van der Waals surface area contributed by atoms with Crippen LogP contribution in [-0.2, 0) is 10.0 Å². The molecule has 2 rings (SSSR count). The highest BCUT2D eigenvalue weighted by molar-refractivity contribution is 7.89. The molecule has 0 atom stereocenters. The van der Waals surface area contributed by atoms with Crippen molar-refractivity contribution in [3.8, 4) is 11.5 Å². The van der Waals surface area contributed by atoms with Crippen LogP contribution in [0, 0.1) is 0 Å². The molecule has 0 saturated carbocycles. The van der Waals surface area contributed by atoms with Gasteiger partial charge in [-0.2, -0.15) is 4.31 Å². The summed E-state index contributed by atoms with van der Waals surface area (Å²) in [6, 6.07) is 4.74. The molecule has 1 aromatic rings. The van der Waals surface area contributed by atoms with Gasteiger partial charge in [0.25, 0.3) is 0 Å². The van der Waals surface area contributed by atoms with Crippen molar-refractivity contribution in [2.24, 2.45) is 0 Å². The van der Waals surface area contributed by atoms with E-state index >= 15 is 0 Å². The van der Waals surface area contributed by atoms with E-state index < -0.39 is 10.0 Å². The van der Waals surface area contributed by atoms with Crippen molar-refractivity contribution in [2.45, 2.75) is 44.0 Å². The third-order valence-corrected chi connectivity index (χ3v) is 5.93. The van der Waals surface area contributed by atoms with Crippen molar-refractivity contribution in [3.05, 3.63) is 30.4 Å². The number of allylic oxidation sites excluding steroid dienone is 1. The van der Waals surface area contributed by atoms with Crippen LogP contribution in [-0.4, -0.2) is 39.0 Å². The highest BCUT2D eigenvalue weighted by Crippen LogP contribution is 2.32. The number of nitrogens with zero attached hydrogens (tertiary/aromatic N) is 1.